The van der Waals surface area contributed by atoms with Crippen molar-refractivity contribution in [2.45, 2.75) is 11.1 Å². The first kappa shape index (κ1) is 7.68. The largest absolute Gasteiger partial charge is 0.341 e. The molecule has 1 aromatic heterocycles. The molecule has 0 aliphatic carbocycles. The van der Waals surface area contributed by atoms with Gasteiger partial charge in [0.1, 0.15) is 0 Å². The quantitative estimate of drug-likeness (QED) is 0.616. The fourth-order valence-corrected chi connectivity index (χ4v) is 2.09. The third-order valence-corrected chi connectivity index (χ3v) is 3.27. The Morgan fingerprint density at radius 2 is 2.20 bits per heavy atom. The van der Waals surface area contributed by atoms with E-state index in [1.54, 1.807) is 12.3 Å². The molecule has 0 aromatic carbocycles. The van der Waals surface area contributed by atoms with Crippen molar-refractivity contribution in [3.8, 4) is 0 Å². The van der Waals surface area contributed by atoms with Gasteiger partial charge in [-0.05, 0) is 23.9 Å². The molecule has 0 amide bonds. The number of thiophene rings is 1. The molecule has 1 aromatic rings. The van der Waals surface area contributed by atoms with Gasteiger partial charge in [0.25, 0.3) is 0 Å². The summed E-state index contributed by atoms with van der Waals surface area (Å²) in [6, 6.07) is 1.31. The SMILES string of the molecule is Cc1csc(S(=O)(=O)F)c1. The second-order valence-corrected chi connectivity index (χ2v) is 4.37. The van der Waals surface area contributed by atoms with Gasteiger partial charge in [-0.2, -0.15) is 8.42 Å². The van der Waals surface area contributed by atoms with E-state index in [4.69, 9.17) is 0 Å². The molecule has 56 valence electrons. The van der Waals surface area contributed by atoms with Crippen molar-refractivity contribution in [1.29, 1.82) is 0 Å². The number of halogens is 1. The van der Waals surface area contributed by atoms with E-state index in [1.165, 1.54) is 6.07 Å². The van der Waals surface area contributed by atoms with Crippen LogP contribution in [0.15, 0.2) is 15.7 Å². The summed E-state index contributed by atoms with van der Waals surface area (Å²) in [5, 5.41) is 1.59. The van der Waals surface area contributed by atoms with Gasteiger partial charge in [-0.3, -0.25) is 0 Å². The Kier molecular flexibility index (Phi) is 1.78. The second kappa shape index (κ2) is 2.32. The van der Waals surface area contributed by atoms with Crippen molar-refractivity contribution in [2.24, 2.45) is 0 Å². The molecule has 1 heterocycles. The predicted octanol–water partition coefficient (Wildman–Crippen LogP) is 1.71. The first-order chi connectivity index (χ1) is 4.50. The van der Waals surface area contributed by atoms with Crippen molar-refractivity contribution in [3.63, 3.8) is 0 Å². The summed E-state index contributed by atoms with van der Waals surface area (Å²) in [4.78, 5) is 0. The van der Waals surface area contributed by atoms with E-state index in [-0.39, 0.29) is 4.21 Å². The number of rotatable bonds is 1. The number of hydrogen-bond donors (Lipinski definition) is 0. The van der Waals surface area contributed by atoms with Crippen LogP contribution in [-0.2, 0) is 10.2 Å². The normalized spacial score (nSPS) is 11.8. The van der Waals surface area contributed by atoms with E-state index in [0.717, 1.165) is 16.9 Å². The minimum Gasteiger partial charge on any atom is -0.188 e. The van der Waals surface area contributed by atoms with Crippen LogP contribution in [0, 0.1) is 6.92 Å². The van der Waals surface area contributed by atoms with Gasteiger partial charge >= 0.3 is 10.2 Å². The maximum atomic E-state index is 12.1. The molecule has 0 atom stereocenters. The maximum Gasteiger partial charge on any atom is 0.341 e. The zero-order valence-corrected chi connectivity index (χ0v) is 6.80. The van der Waals surface area contributed by atoms with Crippen LogP contribution in [0.4, 0.5) is 3.89 Å². The van der Waals surface area contributed by atoms with Crippen molar-refractivity contribution in [2.75, 3.05) is 0 Å². The third-order valence-electron chi connectivity index (χ3n) is 0.947. The molecule has 10 heavy (non-hydrogen) atoms. The fourth-order valence-electron chi connectivity index (χ4n) is 0.533. The van der Waals surface area contributed by atoms with Crippen molar-refractivity contribution < 1.29 is 12.3 Å². The standard InChI is InChI=1S/C5H5FO2S2/c1-4-2-5(9-3-4)10(6,7)8/h2-3H,1H3. The Morgan fingerprint density at radius 1 is 1.60 bits per heavy atom. The molecule has 0 radical (unpaired) electrons. The number of hydrogen-bond acceptors (Lipinski definition) is 3. The molecule has 2 nitrogen and oxygen atoms in total. The van der Waals surface area contributed by atoms with Gasteiger partial charge in [-0.15, -0.1) is 11.3 Å². The van der Waals surface area contributed by atoms with Crippen molar-refractivity contribution >= 4 is 21.6 Å². The summed E-state index contributed by atoms with van der Waals surface area (Å²) in [5.41, 5.74) is 0.765. The highest BCUT2D eigenvalue weighted by Crippen LogP contribution is 2.20. The molecule has 0 bridgehead atoms. The Labute approximate surface area is 62.5 Å². The van der Waals surface area contributed by atoms with Crippen LogP contribution in [0.1, 0.15) is 5.56 Å². The van der Waals surface area contributed by atoms with E-state index in [1.807, 2.05) is 0 Å². The Balaban J connectivity index is 3.21. The predicted molar refractivity (Wildman–Crippen MR) is 37.3 cm³/mol. The van der Waals surface area contributed by atoms with Gasteiger partial charge in [0, 0.05) is 0 Å². The van der Waals surface area contributed by atoms with Gasteiger partial charge in [0.2, 0.25) is 0 Å². The third kappa shape index (κ3) is 1.54. The summed E-state index contributed by atoms with van der Waals surface area (Å²) in [5.74, 6) is 0. The summed E-state index contributed by atoms with van der Waals surface area (Å²) in [6.45, 7) is 1.71. The lowest BCUT2D eigenvalue weighted by atomic mass is 10.4. The molecule has 0 unspecified atom stereocenters. The van der Waals surface area contributed by atoms with Crippen LogP contribution in [-0.4, -0.2) is 8.42 Å². The Hall–Kier alpha value is -0.420. The molecular weight excluding hydrogens is 175 g/mol. The average molecular weight is 180 g/mol. The summed E-state index contributed by atoms with van der Waals surface area (Å²) < 4.78 is 32.3. The number of aryl methyl sites for hydroxylation is 1. The van der Waals surface area contributed by atoms with Crippen molar-refractivity contribution in [1.82, 2.24) is 0 Å². The molecule has 0 aliphatic rings. The van der Waals surface area contributed by atoms with Crippen LogP contribution in [0.2, 0.25) is 0 Å². The highest BCUT2D eigenvalue weighted by molar-refractivity contribution is 7.88. The monoisotopic (exact) mass is 180 g/mol. The first-order valence-electron chi connectivity index (χ1n) is 2.50. The molecule has 0 saturated carbocycles. The maximum absolute atomic E-state index is 12.1. The first-order valence-corrected chi connectivity index (χ1v) is 4.76. The minimum atomic E-state index is -4.46. The Morgan fingerprint density at radius 3 is 2.40 bits per heavy atom. The molecule has 0 aliphatic heterocycles. The molecule has 0 spiro atoms. The van der Waals surface area contributed by atoms with Crippen molar-refractivity contribution in [3.05, 3.63) is 17.0 Å². The van der Waals surface area contributed by atoms with E-state index in [0.29, 0.717) is 0 Å². The highest BCUT2D eigenvalue weighted by atomic mass is 32.3. The minimum absolute atomic E-state index is 0.218. The fraction of sp³-hybridized carbons (Fsp3) is 0.200. The second-order valence-electron chi connectivity index (χ2n) is 1.88. The molecule has 0 N–H and O–H groups in total. The van der Waals surface area contributed by atoms with Gasteiger partial charge in [0.15, 0.2) is 4.21 Å². The molecule has 5 heteroatoms. The average Bonchev–Trinajstić information content (AvgIpc) is 2.11. The van der Waals surface area contributed by atoms with Crippen LogP contribution in [0.3, 0.4) is 0 Å². The lowest BCUT2D eigenvalue weighted by Crippen LogP contribution is -1.85. The van der Waals surface area contributed by atoms with E-state index in [2.05, 4.69) is 0 Å². The highest BCUT2D eigenvalue weighted by Gasteiger charge is 2.12. The lowest BCUT2D eigenvalue weighted by molar-refractivity contribution is 0.554. The Bertz CT molecular complexity index is 325. The van der Waals surface area contributed by atoms with Gasteiger partial charge in [0.05, 0.1) is 0 Å². The van der Waals surface area contributed by atoms with E-state index < -0.39 is 10.2 Å². The van der Waals surface area contributed by atoms with Crippen LogP contribution in [0.25, 0.3) is 0 Å². The molecular formula is C5H5FO2S2. The van der Waals surface area contributed by atoms with Crippen LogP contribution in [0.5, 0.6) is 0 Å². The molecule has 0 saturated heterocycles. The zero-order valence-electron chi connectivity index (χ0n) is 5.17. The smallest absolute Gasteiger partial charge is 0.188 e. The van der Waals surface area contributed by atoms with E-state index >= 15 is 0 Å². The van der Waals surface area contributed by atoms with Gasteiger partial charge < -0.3 is 0 Å². The van der Waals surface area contributed by atoms with Gasteiger partial charge in [-0.1, -0.05) is 3.89 Å². The summed E-state index contributed by atoms with van der Waals surface area (Å²) in [7, 11) is -4.46. The summed E-state index contributed by atoms with van der Waals surface area (Å²) >= 11 is 0.894. The van der Waals surface area contributed by atoms with Gasteiger partial charge in [-0.25, -0.2) is 0 Å². The summed E-state index contributed by atoms with van der Waals surface area (Å²) in [6.07, 6.45) is 0. The van der Waals surface area contributed by atoms with Crippen LogP contribution < -0.4 is 0 Å². The lowest BCUT2D eigenvalue weighted by Gasteiger charge is -1.82. The molecule has 0 fully saturated rings. The van der Waals surface area contributed by atoms with E-state index in [9.17, 15) is 12.3 Å². The topological polar surface area (TPSA) is 34.1 Å². The molecule has 1 rings (SSSR count). The zero-order chi connectivity index (χ0) is 7.78. The van der Waals surface area contributed by atoms with Crippen LogP contribution >= 0.6 is 11.3 Å².